The fraction of sp³-hybridized carbons (Fsp3) is 0.318. The van der Waals surface area contributed by atoms with E-state index in [0.717, 1.165) is 29.7 Å². The Morgan fingerprint density at radius 3 is 2.48 bits per heavy atom. The number of aromatic nitrogens is 2. The van der Waals surface area contributed by atoms with Crippen molar-refractivity contribution in [3.8, 4) is 0 Å². The molecule has 0 radical (unpaired) electrons. The summed E-state index contributed by atoms with van der Waals surface area (Å²) in [7, 11) is 0. The van der Waals surface area contributed by atoms with Gasteiger partial charge in [-0.1, -0.05) is 43.3 Å². The van der Waals surface area contributed by atoms with Gasteiger partial charge >= 0.3 is 0 Å². The number of carbonyl (C=O) groups excluding carboxylic acids is 1. The van der Waals surface area contributed by atoms with E-state index in [9.17, 15) is 9.59 Å². The molecule has 1 saturated heterocycles. The number of H-pyrrole nitrogens is 1. The molecule has 0 spiro atoms. The Balaban J connectivity index is 1.80. The monoisotopic (exact) mass is 361 g/mol. The van der Waals surface area contributed by atoms with E-state index in [2.05, 4.69) is 39.1 Å². The van der Waals surface area contributed by atoms with Gasteiger partial charge in [0.1, 0.15) is 11.5 Å². The second-order valence-corrected chi connectivity index (χ2v) is 7.03. The first-order valence-corrected chi connectivity index (χ1v) is 9.49. The lowest BCUT2D eigenvalue weighted by Crippen LogP contribution is -2.37. The average Bonchev–Trinajstić information content (AvgIpc) is 2.70. The summed E-state index contributed by atoms with van der Waals surface area (Å²) < 4.78 is 0. The molecule has 1 N–H and O–H groups in total. The van der Waals surface area contributed by atoms with Crippen LogP contribution in [0.3, 0.4) is 0 Å². The molecule has 1 aromatic heterocycles. The molecule has 5 nitrogen and oxygen atoms in total. The number of aromatic amines is 1. The van der Waals surface area contributed by atoms with Crippen LogP contribution in [0.2, 0.25) is 0 Å². The van der Waals surface area contributed by atoms with Crippen molar-refractivity contribution in [1.82, 2.24) is 14.9 Å². The third-order valence-electron chi connectivity index (χ3n) is 5.27. The minimum atomic E-state index is -0.119. The van der Waals surface area contributed by atoms with Gasteiger partial charge in [0.2, 0.25) is 0 Å². The highest BCUT2D eigenvalue weighted by molar-refractivity contribution is 5.79. The maximum absolute atomic E-state index is 12.0. The van der Waals surface area contributed by atoms with Gasteiger partial charge in [0.25, 0.3) is 5.56 Å². The van der Waals surface area contributed by atoms with Crippen LogP contribution in [0.4, 0.5) is 0 Å². The van der Waals surface area contributed by atoms with Crippen LogP contribution in [0.1, 0.15) is 42.6 Å². The van der Waals surface area contributed by atoms with Crippen LogP contribution in [0, 0.1) is 0 Å². The van der Waals surface area contributed by atoms with Crippen molar-refractivity contribution < 1.29 is 4.79 Å². The van der Waals surface area contributed by atoms with Crippen molar-refractivity contribution >= 4 is 16.8 Å². The molecule has 0 saturated carbocycles. The molecule has 3 aromatic rings. The molecular formula is C22H23N3O2. The van der Waals surface area contributed by atoms with Gasteiger partial charge in [-0.2, -0.15) is 0 Å². The molecule has 2 heterocycles. The van der Waals surface area contributed by atoms with Crippen LogP contribution >= 0.6 is 0 Å². The highest BCUT2D eigenvalue weighted by Crippen LogP contribution is 2.31. The van der Waals surface area contributed by atoms with Crippen LogP contribution in [-0.2, 0) is 11.2 Å². The van der Waals surface area contributed by atoms with Crippen molar-refractivity contribution in [2.45, 2.75) is 32.2 Å². The van der Waals surface area contributed by atoms with E-state index >= 15 is 0 Å². The Kier molecular flexibility index (Phi) is 4.86. The first-order valence-electron chi connectivity index (χ1n) is 9.49. The van der Waals surface area contributed by atoms with Crippen molar-refractivity contribution in [3.63, 3.8) is 0 Å². The van der Waals surface area contributed by atoms with Gasteiger partial charge in [0.05, 0.1) is 17.1 Å². The third kappa shape index (κ3) is 3.55. The Morgan fingerprint density at radius 2 is 1.78 bits per heavy atom. The summed E-state index contributed by atoms with van der Waals surface area (Å²) in [6.07, 6.45) is 1.80. The minimum Gasteiger partial charge on any atom is -0.319 e. The molecule has 1 aliphatic heterocycles. The lowest BCUT2D eigenvalue weighted by atomic mass is 9.94. The number of rotatable bonds is 4. The summed E-state index contributed by atoms with van der Waals surface area (Å²) >= 11 is 0. The zero-order valence-corrected chi connectivity index (χ0v) is 15.4. The molecule has 0 bridgehead atoms. The number of hydrogen-bond acceptors (Lipinski definition) is 4. The predicted molar refractivity (Wildman–Crippen MR) is 106 cm³/mol. The Morgan fingerprint density at radius 1 is 1.04 bits per heavy atom. The number of nitrogens with zero attached hydrogens (tertiary/aromatic N) is 2. The second-order valence-electron chi connectivity index (χ2n) is 7.03. The number of benzene rings is 2. The van der Waals surface area contributed by atoms with E-state index in [-0.39, 0.29) is 11.6 Å². The number of fused-ring (bicyclic) bond motifs is 1. The van der Waals surface area contributed by atoms with Gasteiger partial charge in [-0.3, -0.25) is 14.5 Å². The Labute approximate surface area is 158 Å². The topological polar surface area (TPSA) is 66.1 Å². The first-order chi connectivity index (χ1) is 13.2. The lowest BCUT2D eigenvalue weighted by molar-refractivity contribution is -0.121. The van der Waals surface area contributed by atoms with Gasteiger partial charge in [-0.05, 0) is 29.7 Å². The van der Waals surface area contributed by atoms with Crippen molar-refractivity contribution in [2.75, 3.05) is 13.1 Å². The van der Waals surface area contributed by atoms with E-state index < -0.39 is 0 Å². The molecule has 1 unspecified atom stereocenters. The maximum Gasteiger partial charge on any atom is 0.270 e. The summed E-state index contributed by atoms with van der Waals surface area (Å²) in [4.78, 5) is 33.6. The summed E-state index contributed by atoms with van der Waals surface area (Å²) in [6, 6.07) is 16.5. The molecule has 138 valence electrons. The summed E-state index contributed by atoms with van der Waals surface area (Å²) in [5.74, 6) is 0.336. The number of Topliss-reactive ketones (excluding diaryl/α,β-unsaturated/α-hetero) is 1. The number of carbonyl (C=O) groups is 1. The van der Waals surface area contributed by atoms with Crippen LogP contribution in [0.5, 0.6) is 0 Å². The molecule has 1 aliphatic rings. The lowest BCUT2D eigenvalue weighted by Gasteiger charge is -2.34. The average molecular weight is 361 g/mol. The highest BCUT2D eigenvalue weighted by atomic mass is 16.1. The van der Waals surface area contributed by atoms with Crippen LogP contribution < -0.4 is 5.56 Å². The van der Waals surface area contributed by atoms with Gasteiger partial charge in [-0.25, -0.2) is 4.98 Å². The molecular weight excluding hydrogens is 338 g/mol. The second kappa shape index (κ2) is 7.45. The Hall–Kier alpha value is -2.79. The third-order valence-corrected chi connectivity index (χ3v) is 5.27. The molecule has 1 fully saturated rings. The number of piperidine rings is 1. The van der Waals surface area contributed by atoms with Crippen LogP contribution in [0.15, 0.2) is 53.3 Å². The molecule has 0 amide bonds. The number of likely N-dealkylation sites (tertiary alicyclic amines) is 1. The summed E-state index contributed by atoms with van der Waals surface area (Å²) in [6.45, 7) is 3.45. The molecule has 5 heteroatoms. The standard InChI is InChI=1S/C22H23N3O2/c1-2-18-22(27)24-19-9-8-16(14-20(19)23-18)21(15-6-4-3-5-7-15)25-12-10-17(26)11-13-25/h3-9,14,21H,2,10-13H2,1H3,(H,24,27). The molecule has 2 aromatic carbocycles. The summed E-state index contributed by atoms with van der Waals surface area (Å²) in [5, 5.41) is 0. The van der Waals surface area contributed by atoms with Crippen molar-refractivity contribution in [2.24, 2.45) is 0 Å². The van der Waals surface area contributed by atoms with Gasteiger partial charge in [0, 0.05) is 25.9 Å². The van der Waals surface area contributed by atoms with E-state index in [1.54, 1.807) is 0 Å². The molecule has 1 atom stereocenters. The quantitative estimate of drug-likeness (QED) is 0.775. The summed E-state index contributed by atoms with van der Waals surface area (Å²) in [5.41, 5.74) is 4.32. The maximum atomic E-state index is 12.0. The zero-order valence-electron chi connectivity index (χ0n) is 15.4. The van der Waals surface area contributed by atoms with Gasteiger partial charge in [-0.15, -0.1) is 0 Å². The first kappa shape index (κ1) is 17.6. The number of hydrogen-bond donors (Lipinski definition) is 1. The van der Waals surface area contributed by atoms with E-state index in [4.69, 9.17) is 0 Å². The predicted octanol–water partition coefficient (Wildman–Crippen LogP) is 3.24. The van der Waals surface area contributed by atoms with Crippen molar-refractivity contribution in [1.29, 1.82) is 0 Å². The molecule has 0 aliphatic carbocycles. The van der Waals surface area contributed by atoms with Gasteiger partial charge in [0.15, 0.2) is 0 Å². The van der Waals surface area contributed by atoms with E-state index in [0.29, 0.717) is 30.7 Å². The fourth-order valence-electron chi connectivity index (χ4n) is 3.83. The SMILES string of the molecule is CCc1nc2cc(C(c3ccccc3)N3CCC(=O)CC3)ccc2[nH]c1=O. The number of ketones is 1. The minimum absolute atomic E-state index is 0.0718. The molecule has 4 rings (SSSR count). The fourth-order valence-corrected chi connectivity index (χ4v) is 3.83. The van der Waals surface area contributed by atoms with E-state index in [1.807, 2.05) is 31.2 Å². The highest BCUT2D eigenvalue weighted by Gasteiger charge is 2.26. The van der Waals surface area contributed by atoms with Crippen LogP contribution in [-0.4, -0.2) is 33.7 Å². The van der Waals surface area contributed by atoms with Crippen LogP contribution in [0.25, 0.3) is 11.0 Å². The zero-order chi connectivity index (χ0) is 18.8. The number of nitrogens with one attached hydrogen (secondary N) is 1. The number of aryl methyl sites for hydroxylation is 1. The van der Waals surface area contributed by atoms with Crippen molar-refractivity contribution in [3.05, 3.63) is 75.7 Å². The largest absolute Gasteiger partial charge is 0.319 e. The van der Waals surface area contributed by atoms with Gasteiger partial charge < -0.3 is 4.98 Å². The smallest absolute Gasteiger partial charge is 0.270 e. The normalized spacial score (nSPS) is 16.6. The van der Waals surface area contributed by atoms with E-state index in [1.165, 1.54) is 5.56 Å². The Bertz CT molecular complexity index is 1020. The molecule has 27 heavy (non-hydrogen) atoms.